The fraction of sp³-hybridized carbons (Fsp3) is 0.533. The van der Waals surface area contributed by atoms with Crippen LogP contribution in [0, 0.1) is 5.82 Å². The van der Waals surface area contributed by atoms with Gasteiger partial charge in [0.05, 0.1) is 18.6 Å². The fourth-order valence-electron chi connectivity index (χ4n) is 3.12. The van der Waals surface area contributed by atoms with Crippen molar-refractivity contribution >= 4 is 6.29 Å². The number of rotatable bonds is 2. The molecule has 3 rings (SSSR count). The van der Waals surface area contributed by atoms with Crippen molar-refractivity contribution in [1.29, 1.82) is 0 Å². The Morgan fingerprint density at radius 3 is 2.11 bits per heavy atom. The van der Waals surface area contributed by atoms with E-state index in [1.165, 1.54) is 12.1 Å². The predicted octanol–water partition coefficient (Wildman–Crippen LogP) is 2.58. The van der Waals surface area contributed by atoms with E-state index in [1.807, 2.05) is 0 Å². The van der Waals surface area contributed by atoms with E-state index < -0.39 is 11.2 Å². The van der Waals surface area contributed by atoms with Gasteiger partial charge in [0, 0.05) is 12.8 Å². The Hall–Kier alpha value is -1.26. The Balaban J connectivity index is 1.82. The van der Waals surface area contributed by atoms with Gasteiger partial charge in [-0.05, 0) is 30.5 Å². The van der Waals surface area contributed by atoms with Crippen LogP contribution in [0.2, 0.25) is 0 Å². The van der Waals surface area contributed by atoms with Crippen molar-refractivity contribution in [3.8, 4) is 0 Å². The van der Waals surface area contributed by atoms with Crippen LogP contribution >= 0.6 is 0 Å². The van der Waals surface area contributed by atoms with E-state index in [4.69, 9.17) is 9.47 Å². The lowest BCUT2D eigenvalue weighted by Gasteiger charge is -2.40. The first-order valence-electron chi connectivity index (χ1n) is 6.68. The quantitative estimate of drug-likeness (QED) is 0.770. The third kappa shape index (κ3) is 2.19. The molecule has 0 atom stereocenters. The van der Waals surface area contributed by atoms with Gasteiger partial charge in [0.2, 0.25) is 0 Å². The molecule has 1 aromatic rings. The van der Waals surface area contributed by atoms with Gasteiger partial charge in [-0.2, -0.15) is 0 Å². The first kappa shape index (κ1) is 12.8. The summed E-state index contributed by atoms with van der Waals surface area (Å²) in [6.45, 7) is 1.26. The minimum absolute atomic E-state index is 0.278. The molecular formula is C15H17FO3. The second kappa shape index (κ2) is 4.69. The Bertz CT molecular complexity index is 453. The van der Waals surface area contributed by atoms with Crippen molar-refractivity contribution in [3.05, 3.63) is 35.6 Å². The van der Waals surface area contributed by atoms with Crippen molar-refractivity contribution in [3.63, 3.8) is 0 Å². The van der Waals surface area contributed by atoms with Crippen LogP contribution in [0.25, 0.3) is 0 Å². The summed E-state index contributed by atoms with van der Waals surface area (Å²) in [5.41, 5.74) is 0.366. The summed E-state index contributed by atoms with van der Waals surface area (Å²) in [4.78, 5) is 11.6. The molecular weight excluding hydrogens is 247 g/mol. The van der Waals surface area contributed by atoms with Gasteiger partial charge in [0.25, 0.3) is 0 Å². The molecule has 19 heavy (non-hydrogen) atoms. The van der Waals surface area contributed by atoms with Crippen LogP contribution in [0.15, 0.2) is 24.3 Å². The smallest absolute Gasteiger partial charge is 0.168 e. The third-order valence-electron chi connectivity index (χ3n) is 4.36. The minimum Gasteiger partial charge on any atom is -0.348 e. The normalized spacial score (nSPS) is 24.5. The molecule has 1 saturated carbocycles. The lowest BCUT2D eigenvalue weighted by molar-refractivity contribution is -0.184. The summed E-state index contributed by atoms with van der Waals surface area (Å²) < 4.78 is 24.3. The zero-order chi connectivity index (χ0) is 13.3. The largest absolute Gasteiger partial charge is 0.348 e. The fourth-order valence-corrected chi connectivity index (χ4v) is 3.12. The SMILES string of the molecule is O=CC1(c2ccc(F)cc2)CCC2(CC1)OCCO2. The molecule has 2 fully saturated rings. The second-order valence-corrected chi connectivity index (χ2v) is 5.39. The lowest BCUT2D eigenvalue weighted by Crippen LogP contribution is -2.43. The average Bonchev–Trinajstić information content (AvgIpc) is 2.90. The molecule has 1 saturated heterocycles. The summed E-state index contributed by atoms with van der Waals surface area (Å²) in [6, 6.07) is 6.23. The minimum atomic E-state index is -0.520. The van der Waals surface area contributed by atoms with E-state index >= 15 is 0 Å². The summed E-state index contributed by atoms with van der Waals surface area (Å²) in [5.74, 6) is -0.758. The topological polar surface area (TPSA) is 35.5 Å². The number of hydrogen-bond acceptors (Lipinski definition) is 3. The van der Waals surface area contributed by atoms with E-state index in [-0.39, 0.29) is 5.82 Å². The maximum atomic E-state index is 13.0. The highest BCUT2D eigenvalue weighted by molar-refractivity contribution is 5.69. The van der Waals surface area contributed by atoms with Gasteiger partial charge in [-0.15, -0.1) is 0 Å². The van der Waals surface area contributed by atoms with Gasteiger partial charge in [0.1, 0.15) is 12.1 Å². The van der Waals surface area contributed by atoms with Crippen molar-refractivity contribution in [2.45, 2.75) is 36.9 Å². The van der Waals surface area contributed by atoms with Crippen molar-refractivity contribution in [2.75, 3.05) is 13.2 Å². The number of carbonyl (C=O) groups is 1. The Morgan fingerprint density at radius 2 is 1.58 bits per heavy atom. The molecule has 2 aliphatic rings. The molecule has 3 nitrogen and oxygen atoms in total. The van der Waals surface area contributed by atoms with E-state index in [0.29, 0.717) is 38.9 Å². The van der Waals surface area contributed by atoms with Crippen LogP contribution in [0.3, 0.4) is 0 Å². The monoisotopic (exact) mass is 264 g/mol. The van der Waals surface area contributed by atoms with Gasteiger partial charge in [-0.25, -0.2) is 4.39 Å². The molecule has 0 amide bonds. The summed E-state index contributed by atoms with van der Waals surface area (Å²) >= 11 is 0. The Morgan fingerprint density at radius 1 is 1.00 bits per heavy atom. The molecule has 0 radical (unpaired) electrons. The van der Waals surface area contributed by atoms with Crippen molar-refractivity contribution in [2.24, 2.45) is 0 Å². The van der Waals surface area contributed by atoms with Crippen LogP contribution in [0.1, 0.15) is 31.2 Å². The third-order valence-corrected chi connectivity index (χ3v) is 4.36. The first-order chi connectivity index (χ1) is 9.18. The van der Waals surface area contributed by atoms with Gasteiger partial charge in [-0.1, -0.05) is 12.1 Å². The van der Waals surface area contributed by atoms with Gasteiger partial charge >= 0.3 is 0 Å². The zero-order valence-corrected chi connectivity index (χ0v) is 10.7. The standard InChI is InChI=1S/C15H17FO3/c16-13-3-1-12(2-4-13)14(11-17)5-7-15(8-6-14)18-9-10-19-15/h1-4,11H,5-10H2. The van der Waals surface area contributed by atoms with Gasteiger partial charge < -0.3 is 14.3 Å². The molecule has 0 bridgehead atoms. The Labute approximate surface area is 111 Å². The first-order valence-corrected chi connectivity index (χ1v) is 6.68. The van der Waals surface area contributed by atoms with E-state index in [9.17, 15) is 9.18 Å². The molecule has 1 aliphatic carbocycles. The van der Waals surface area contributed by atoms with E-state index in [1.54, 1.807) is 12.1 Å². The highest BCUT2D eigenvalue weighted by Crippen LogP contribution is 2.45. The number of hydrogen-bond donors (Lipinski definition) is 0. The number of ether oxygens (including phenoxy) is 2. The van der Waals surface area contributed by atoms with E-state index in [2.05, 4.69) is 0 Å². The molecule has 0 N–H and O–H groups in total. The molecule has 0 aromatic heterocycles. The van der Waals surface area contributed by atoms with Crippen LogP contribution in [-0.2, 0) is 19.7 Å². The molecule has 102 valence electrons. The number of carbonyl (C=O) groups excluding carboxylic acids is 1. The van der Waals surface area contributed by atoms with Crippen LogP contribution in [0.4, 0.5) is 4.39 Å². The summed E-state index contributed by atoms with van der Waals surface area (Å²) in [6.07, 6.45) is 3.79. The lowest BCUT2D eigenvalue weighted by atomic mass is 9.69. The van der Waals surface area contributed by atoms with Gasteiger partial charge in [-0.3, -0.25) is 0 Å². The molecule has 1 heterocycles. The summed E-state index contributed by atoms with van der Waals surface area (Å²) in [7, 11) is 0. The number of aldehydes is 1. The summed E-state index contributed by atoms with van der Waals surface area (Å²) in [5, 5.41) is 0. The predicted molar refractivity (Wildman–Crippen MR) is 67.2 cm³/mol. The Kier molecular flexibility index (Phi) is 3.15. The number of halogens is 1. The molecule has 4 heteroatoms. The van der Waals surface area contributed by atoms with Crippen molar-refractivity contribution < 1.29 is 18.7 Å². The highest BCUT2D eigenvalue weighted by atomic mass is 19.1. The second-order valence-electron chi connectivity index (χ2n) is 5.39. The molecule has 1 spiro atoms. The van der Waals surface area contributed by atoms with Crippen LogP contribution < -0.4 is 0 Å². The highest BCUT2D eigenvalue weighted by Gasteiger charge is 2.46. The molecule has 0 unspecified atom stereocenters. The average molecular weight is 264 g/mol. The van der Waals surface area contributed by atoms with E-state index in [0.717, 1.165) is 11.8 Å². The van der Waals surface area contributed by atoms with Crippen molar-refractivity contribution in [1.82, 2.24) is 0 Å². The number of benzene rings is 1. The molecule has 1 aromatic carbocycles. The van der Waals surface area contributed by atoms with Crippen LogP contribution in [0.5, 0.6) is 0 Å². The van der Waals surface area contributed by atoms with Crippen LogP contribution in [-0.4, -0.2) is 25.3 Å². The zero-order valence-electron chi connectivity index (χ0n) is 10.7. The maximum Gasteiger partial charge on any atom is 0.168 e. The maximum absolute atomic E-state index is 13.0. The van der Waals surface area contributed by atoms with Gasteiger partial charge in [0.15, 0.2) is 5.79 Å². The molecule has 1 aliphatic heterocycles.